The van der Waals surface area contributed by atoms with Crippen molar-refractivity contribution in [2.24, 2.45) is 7.05 Å². The van der Waals surface area contributed by atoms with Crippen molar-refractivity contribution in [1.29, 1.82) is 0 Å². The van der Waals surface area contributed by atoms with Crippen LogP contribution in [0.3, 0.4) is 0 Å². The molecule has 0 amide bonds. The quantitative estimate of drug-likeness (QED) is 0.770. The molecule has 94 valence electrons. The number of aromatic carboxylic acids is 1. The van der Waals surface area contributed by atoms with Crippen molar-refractivity contribution in [3.05, 3.63) is 17.5 Å². The number of rotatable bonds is 3. The number of carboxylic acid groups (broad SMARTS) is 1. The van der Waals surface area contributed by atoms with Crippen molar-refractivity contribution < 1.29 is 9.90 Å². The Morgan fingerprint density at radius 3 is 3.12 bits per heavy atom. The zero-order valence-corrected chi connectivity index (χ0v) is 10.2. The zero-order valence-electron chi connectivity index (χ0n) is 10.2. The first-order chi connectivity index (χ1) is 8.06. The topological polar surface area (TPSA) is 70.4 Å². The van der Waals surface area contributed by atoms with Crippen molar-refractivity contribution in [2.45, 2.75) is 19.5 Å². The first kappa shape index (κ1) is 12.1. The van der Waals surface area contributed by atoms with Gasteiger partial charge in [-0.2, -0.15) is 5.10 Å². The molecule has 0 saturated carbocycles. The minimum absolute atomic E-state index is 0.165. The SMILES string of the molecule is CC1CN(Cc2cn(C)nc2C(=O)O)CCN1. The van der Waals surface area contributed by atoms with Crippen molar-refractivity contribution >= 4 is 5.97 Å². The smallest absolute Gasteiger partial charge is 0.356 e. The molecule has 1 fully saturated rings. The van der Waals surface area contributed by atoms with Gasteiger partial charge in [0.05, 0.1) is 0 Å². The number of nitrogens with zero attached hydrogens (tertiary/aromatic N) is 3. The highest BCUT2D eigenvalue weighted by atomic mass is 16.4. The van der Waals surface area contributed by atoms with Gasteiger partial charge in [0.15, 0.2) is 5.69 Å². The maximum atomic E-state index is 11.0. The van der Waals surface area contributed by atoms with E-state index >= 15 is 0 Å². The molecule has 0 aromatic carbocycles. The van der Waals surface area contributed by atoms with Gasteiger partial charge in [0.2, 0.25) is 0 Å². The molecular weight excluding hydrogens is 220 g/mol. The summed E-state index contributed by atoms with van der Waals surface area (Å²) in [6.45, 7) is 5.62. The molecule has 1 saturated heterocycles. The Morgan fingerprint density at radius 1 is 1.71 bits per heavy atom. The minimum atomic E-state index is -0.955. The number of hydrogen-bond acceptors (Lipinski definition) is 4. The first-order valence-electron chi connectivity index (χ1n) is 5.78. The third-order valence-electron chi connectivity index (χ3n) is 2.95. The Labute approximate surface area is 100 Å². The molecule has 1 aliphatic rings. The second-order valence-corrected chi connectivity index (χ2v) is 4.57. The van der Waals surface area contributed by atoms with Crippen molar-refractivity contribution in [3.8, 4) is 0 Å². The summed E-state index contributed by atoms with van der Waals surface area (Å²) in [6.07, 6.45) is 1.79. The standard InChI is InChI=1S/C11H18N4O2/c1-8-5-15(4-3-12-8)7-9-6-14(2)13-10(9)11(16)17/h6,8,12H,3-5,7H2,1-2H3,(H,16,17). The molecule has 0 spiro atoms. The van der Waals surface area contributed by atoms with E-state index in [1.54, 1.807) is 17.9 Å². The van der Waals surface area contributed by atoms with Crippen LogP contribution in [-0.2, 0) is 13.6 Å². The van der Waals surface area contributed by atoms with Crippen LogP contribution in [0.15, 0.2) is 6.20 Å². The van der Waals surface area contributed by atoms with Gasteiger partial charge >= 0.3 is 5.97 Å². The molecule has 1 aliphatic heterocycles. The highest BCUT2D eigenvalue weighted by Crippen LogP contribution is 2.11. The fourth-order valence-electron chi connectivity index (χ4n) is 2.23. The van der Waals surface area contributed by atoms with Crippen LogP contribution in [0.25, 0.3) is 0 Å². The normalized spacial score (nSPS) is 21.6. The highest BCUT2D eigenvalue weighted by Gasteiger charge is 2.20. The average molecular weight is 238 g/mol. The summed E-state index contributed by atoms with van der Waals surface area (Å²) in [5, 5.41) is 16.4. The maximum absolute atomic E-state index is 11.0. The number of nitrogens with one attached hydrogen (secondary N) is 1. The molecule has 6 heteroatoms. The van der Waals surface area contributed by atoms with Crippen molar-refractivity contribution in [3.63, 3.8) is 0 Å². The lowest BCUT2D eigenvalue weighted by Crippen LogP contribution is -2.48. The van der Waals surface area contributed by atoms with Crippen molar-refractivity contribution in [1.82, 2.24) is 20.0 Å². The van der Waals surface area contributed by atoms with Gasteiger partial charge in [-0.15, -0.1) is 0 Å². The minimum Gasteiger partial charge on any atom is -0.476 e. The van der Waals surface area contributed by atoms with Crippen LogP contribution in [0.1, 0.15) is 23.0 Å². The van der Waals surface area contributed by atoms with E-state index in [2.05, 4.69) is 22.2 Å². The van der Waals surface area contributed by atoms with Crippen LogP contribution in [-0.4, -0.2) is 51.4 Å². The summed E-state index contributed by atoms with van der Waals surface area (Å²) in [7, 11) is 1.75. The lowest BCUT2D eigenvalue weighted by Gasteiger charge is -2.31. The molecule has 0 aliphatic carbocycles. The fraction of sp³-hybridized carbons (Fsp3) is 0.636. The lowest BCUT2D eigenvalue weighted by molar-refractivity contribution is 0.0687. The molecule has 0 radical (unpaired) electrons. The monoisotopic (exact) mass is 238 g/mol. The van der Waals surface area contributed by atoms with Gasteiger partial charge in [0.1, 0.15) is 0 Å². The Morgan fingerprint density at radius 2 is 2.47 bits per heavy atom. The average Bonchev–Trinajstić information content (AvgIpc) is 2.59. The largest absolute Gasteiger partial charge is 0.476 e. The van der Waals surface area contributed by atoms with E-state index in [0.717, 1.165) is 25.2 Å². The lowest BCUT2D eigenvalue weighted by atomic mass is 10.2. The molecule has 1 aromatic rings. The van der Waals surface area contributed by atoms with E-state index < -0.39 is 5.97 Å². The molecule has 2 N–H and O–H groups in total. The number of aromatic nitrogens is 2. The molecule has 6 nitrogen and oxygen atoms in total. The van der Waals surface area contributed by atoms with Crippen molar-refractivity contribution in [2.75, 3.05) is 19.6 Å². The second-order valence-electron chi connectivity index (χ2n) is 4.57. The Balaban J connectivity index is 2.09. The van der Waals surface area contributed by atoms with Gasteiger partial charge in [-0.1, -0.05) is 0 Å². The summed E-state index contributed by atoms with van der Waals surface area (Å²) in [6, 6.07) is 0.452. The molecule has 0 bridgehead atoms. The number of carbonyl (C=O) groups is 1. The summed E-state index contributed by atoms with van der Waals surface area (Å²) >= 11 is 0. The molecule has 1 atom stereocenters. The zero-order chi connectivity index (χ0) is 12.4. The van der Waals surface area contributed by atoms with Crippen LogP contribution < -0.4 is 5.32 Å². The third kappa shape index (κ3) is 2.83. The molecule has 1 unspecified atom stereocenters. The van der Waals surface area contributed by atoms with E-state index in [0.29, 0.717) is 12.6 Å². The number of carboxylic acids is 1. The van der Waals surface area contributed by atoms with E-state index in [1.165, 1.54) is 0 Å². The molecule has 2 rings (SSSR count). The van der Waals surface area contributed by atoms with Gasteiger partial charge in [0.25, 0.3) is 0 Å². The number of piperazine rings is 1. The van der Waals surface area contributed by atoms with Gasteiger partial charge in [0, 0.05) is 51.0 Å². The highest BCUT2D eigenvalue weighted by molar-refractivity contribution is 5.86. The van der Waals surface area contributed by atoms with Crippen LogP contribution >= 0.6 is 0 Å². The summed E-state index contributed by atoms with van der Waals surface area (Å²) in [5.74, 6) is -0.955. The molecular formula is C11H18N4O2. The van der Waals surface area contributed by atoms with Crippen LogP contribution in [0.2, 0.25) is 0 Å². The predicted molar refractivity (Wildman–Crippen MR) is 62.9 cm³/mol. The molecule has 2 heterocycles. The van der Waals surface area contributed by atoms with E-state index in [9.17, 15) is 4.79 Å². The fourth-order valence-corrected chi connectivity index (χ4v) is 2.23. The number of aryl methyl sites for hydroxylation is 1. The Bertz CT molecular complexity index is 416. The third-order valence-corrected chi connectivity index (χ3v) is 2.95. The summed E-state index contributed by atoms with van der Waals surface area (Å²) in [5.41, 5.74) is 0.952. The Hall–Kier alpha value is -1.40. The second kappa shape index (κ2) is 4.85. The van der Waals surface area contributed by atoms with Gasteiger partial charge in [-0.25, -0.2) is 4.79 Å². The number of hydrogen-bond donors (Lipinski definition) is 2. The molecule has 17 heavy (non-hydrogen) atoms. The van der Waals surface area contributed by atoms with E-state index in [1.807, 2.05) is 0 Å². The maximum Gasteiger partial charge on any atom is 0.356 e. The van der Waals surface area contributed by atoms with Gasteiger partial charge in [-0.05, 0) is 6.92 Å². The summed E-state index contributed by atoms with van der Waals surface area (Å²) in [4.78, 5) is 13.3. The van der Waals surface area contributed by atoms with Gasteiger partial charge < -0.3 is 10.4 Å². The van der Waals surface area contributed by atoms with E-state index in [-0.39, 0.29) is 5.69 Å². The van der Waals surface area contributed by atoms with Crippen LogP contribution in [0.4, 0.5) is 0 Å². The van der Waals surface area contributed by atoms with Crippen LogP contribution in [0, 0.1) is 0 Å². The Kier molecular flexibility index (Phi) is 3.44. The van der Waals surface area contributed by atoms with E-state index in [4.69, 9.17) is 5.11 Å². The predicted octanol–water partition coefficient (Wildman–Crippen LogP) is -0.0880. The summed E-state index contributed by atoms with van der Waals surface area (Å²) < 4.78 is 1.56. The first-order valence-corrected chi connectivity index (χ1v) is 5.78. The van der Waals surface area contributed by atoms with Gasteiger partial charge in [-0.3, -0.25) is 9.58 Å². The molecule has 1 aromatic heterocycles. The van der Waals surface area contributed by atoms with Crippen LogP contribution in [0.5, 0.6) is 0 Å².